The molecule has 0 saturated heterocycles. The van der Waals surface area contributed by atoms with Crippen molar-refractivity contribution >= 4 is 45.7 Å². The van der Waals surface area contributed by atoms with Gasteiger partial charge < -0.3 is 26.4 Å². The first-order chi connectivity index (χ1) is 17.6. The van der Waals surface area contributed by atoms with E-state index >= 15 is 0 Å². The quantitative estimate of drug-likeness (QED) is 0.328. The van der Waals surface area contributed by atoms with Crippen molar-refractivity contribution in [2.45, 2.75) is 32.4 Å². The number of hydrogen-bond acceptors (Lipinski definition) is 9. The van der Waals surface area contributed by atoms with Crippen molar-refractivity contribution in [1.29, 1.82) is 0 Å². The van der Waals surface area contributed by atoms with Crippen LogP contribution in [0.25, 0.3) is 22.0 Å². The van der Waals surface area contributed by atoms with Crippen LogP contribution in [0, 0.1) is 6.92 Å². The number of anilines is 4. The maximum Gasteiger partial charge on any atom is 0.262 e. The van der Waals surface area contributed by atoms with Crippen LogP contribution in [0.15, 0.2) is 30.6 Å². The predicted octanol–water partition coefficient (Wildman–Crippen LogP) is 1.70. The Morgan fingerprint density at radius 1 is 1.16 bits per heavy atom. The van der Waals surface area contributed by atoms with Gasteiger partial charge in [0.2, 0.25) is 5.91 Å². The molecule has 0 bridgehead atoms. The number of carbonyl (C=O) groups excluding carboxylic acids is 2. The molecule has 0 saturated carbocycles. The van der Waals surface area contributed by atoms with Crippen LogP contribution in [-0.4, -0.2) is 60.1 Å². The standard InChI is InChI=1S/C25H25N9O3/c1-12-15(9-28-22-21(12)31-24(36)25(22,2)37)17-6-13-7-18(27-10-16(13)23(26)29-17)30-19-8-14-4-5-33(3)20(35)11-34(14)32-19/h6-10,37H,4-5,11H2,1-3H3,(H2,26,29)(H,31,36)(H,27,30,32). The maximum atomic E-state index is 12.2. The Morgan fingerprint density at radius 2 is 1.97 bits per heavy atom. The van der Waals surface area contributed by atoms with Gasteiger partial charge in [-0.25, -0.2) is 9.97 Å². The third kappa shape index (κ3) is 3.64. The second-order valence-corrected chi connectivity index (χ2v) is 9.60. The molecule has 0 aliphatic carbocycles. The maximum absolute atomic E-state index is 12.2. The first-order valence-corrected chi connectivity index (χ1v) is 11.8. The van der Waals surface area contributed by atoms with Gasteiger partial charge in [0.05, 0.1) is 11.4 Å². The average molecular weight is 500 g/mol. The van der Waals surface area contributed by atoms with Crippen LogP contribution in [-0.2, 0) is 28.2 Å². The van der Waals surface area contributed by atoms with Gasteiger partial charge in [-0.1, -0.05) is 0 Å². The van der Waals surface area contributed by atoms with Gasteiger partial charge in [0.1, 0.15) is 23.9 Å². The number of hydrogen-bond donors (Lipinski definition) is 4. The molecule has 2 aliphatic rings. The Kier molecular flexibility index (Phi) is 4.92. The van der Waals surface area contributed by atoms with E-state index < -0.39 is 11.5 Å². The summed E-state index contributed by atoms with van der Waals surface area (Å²) in [6.07, 6.45) is 3.96. The summed E-state index contributed by atoms with van der Waals surface area (Å²) in [7, 11) is 1.79. The van der Waals surface area contributed by atoms with E-state index in [0.29, 0.717) is 46.3 Å². The minimum Gasteiger partial charge on any atom is -0.383 e. The van der Waals surface area contributed by atoms with E-state index in [1.165, 1.54) is 6.92 Å². The third-order valence-corrected chi connectivity index (χ3v) is 7.03. The van der Waals surface area contributed by atoms with Gasteiger partial charge in [0.15, 0.2) is 11.4 Å². The summed E-state index contributed by atoms with van der Waals surface area (Å²) in [5.74, 6) is 0.970. The van der Waals surface area contributed by atoms with Crippen molar-refractivity contribution in [2.75, 3.05) is 30.0 Å². The average Bonchev–Trinajstić information content (AvgIpc) is 3.29. The second-order valence-electron chi connectivity index (χ2n) is 9.60. The molecular weight excluding hydrogens is 474 g/mol. The number of rotatable bonds is 3. The molecule has 0 radical (unpaired) electrons. The lowest BCUT2D eigenvalue weighted by Gasteiger charge is -2.15. The van der Waals surface area contributed by atoms with Crippen molar-refractivity contribution in [1.82, 2.24) is 29.6 Å². The number of aromatic nitrogens is 5. The Labute approximate surface area is 211 Å². The lowest BCUT2D eigenvalue weighted by atomic mass is 9.98. The van der Waals surface area contributed by atoms with Gasteiger partial charge in [-0.2, -0.15) is 5.10 Å². The molecule has 1 atom stereocenters. The van der Waals surface area contributed by atoms with Crippen molar-refractivity contribution in [3.8, 4) is 11.3 Å². The molecule has 37 heavy (non-hydrogen) atoms. The Balaban J connectivity index is 1.35. The van der Waals surface area contributed by atoms with Gasteiger partial charge in [0.25, 0.3) is 5.91 Å². The minimum atomic E-state index is -1.69. The third-order valence-electron chi connectivity index (χ3n) is 7.03. The molecule has 12 nitrogen and oxygen atoms in total. The molecule has 4 aromatic rings. The van der Waals surface area contributed by atoms with Crippen LogP contribution >= 0.6 is 0 Å². The highest BCUT2D eigenvalue weighted by Gasteiger charge is 2.43. The molecule has 5 N–H and O–H groups in total. The Morgan fingerprint density at radius 3 is 2.78 bits per heavy atom. The molecule has 2 amide bonds. The van der Waals surface area contributed by atoms with E-state index in [-0.39, 0.29) is 18.1 Å². The molecule has 0 spiro atoms. The lowest BCUT2D eigenvalue weighted by molar-refractivity contribution is -0.132. The first kappa shape index (κ1) is 22.9. The zero-order chi connectivity index (χ0) is 26.1. The van der Waals surface area contributed by atoms with Crippen LogP contribution in [0.1, 0.15) is 23.9 Å². The molecule has 6 rings (SSSR count). The van der Waals surface area contributed by atoms with E-state index in [1.807, 2.05) is 25.1 Å². The van der Waals surface area contributed by atoms with Crippen LogP contribution in [0.5, 0.6) is 0 Å². The molecule has 12 heteroatoms. The fraction of sp³-hybridized carbons (Fsp3) is 0.280. The van der Waals surface area contributed by atoms with Crippen molar-refractivity contribution < 1.29 is 14.7 Å². The SMILES string of the molecule is Cc1c(-c2cc3cc(Nc4cc5n(n4)CC(=O)N(C)CC5)ncc3c(N)n2)cnc2c1NC(=O)C2(C)O. The van der Waals surface area contributed by atoms with Gasteiger partial charge in [-0.05, 0) is 36.9 Å². The number of aliphatic hydroxyl groups is 1. The normalized spacial score (nSPS) is 19.0. The highest BCUT2D eigenvalue weighted by molar-refractivity contribution is 6.05. The van der Waals surface area contributed by atoms with E-state index in [1.54, 1.807) is 29.0 Å². The molecule has 2 aliphatic heterocycles. The number of nitrogen functional groups attached to an aromatic ring is 1. The predicted molar refractivity (Wildman–Crippen MR) is 137 cm³/mol. The molecule has 6 heterocycles. The van der Waals surface area contributed by atoms with Gasteiger partial charge >= 0.3 is 0 Å². The summed E-state index contributed by atoms with van der Waals surface area (Å²) in [6.45, 7) is 4.10. The number of fused-ring (bicyclic) bond motifs is 3. The number of nitrogens with one attached hydrogen (secondary N) is 2. The minimum absolute atomic E-state index is 0.0206. The number of pyridine rings is 3. The highest BCUT2D eigenvalue weighted by Crippen LogP contribution is 2.40. The van der Waals surface area contributed by atoms with Crippen molar-refractivity contribution in [3.05, 3.63) is 47.5 Å². The Bertz CT molecular complexity index is 1630. The zero-order valence-corrected chi connectivity index (χ0v) is 20.5. The van der Waals surface area contributed by atoms with E-state index in [4.69, 9.17) is 5.73 Å². The van der Waals surface area contributed by atoms with Crippen LogP contribution in [0.2, 0.25) is 0 Å². The molecule has 0 fully saturated rings. The summed E-state index contributed by atoms with van der Waals surface area (Å²) in [6, 6.07) is 5.65. The highest BCUT2D eigenvalue weighted by atomic mass is 16.3. The summed E-state index contributed by atoms with van der Waals surface area (Å²) >= 11 is 0. The molecule has 188 valence electrons. The van der Waals surface area contributed by atoms with Crippen molar-refractivity contribution in [2.24, 2.45) is 0 Å². The summed E-state index contributed by atoms with van der Waals surface area (Å²) in [4.78, 5) is 39.5. The van der Waals surface area contributed by atoms with Crippen LogP contribution < -0.4 is 16.4 Å². The largest absolute Gasteiger partial charge is 0.383 e. The fourth-order valence-corrected chi connectivity index (χ4v) is 4.75. The molecule has 1 unspecified atom stereocenters. The zero-order valence-electron chi connectivity index (χ0n) is 20.5. The number of nitrogens with two attached hydrogens (primary N) is 1. The van der Waals surface area contributed by atoms with E-state index in [9.17, 15) is 14.7 Å². The summed E-state index contributed by atoms with van der Waals surface area (Å²) in [5, 5.41) is 22.4. The van der Waals surface area contributed by atoms with Crippen molar-refractivity contribution in [3.63, 3.8) is 0 Å². The second kappa shape index (κ2) is 7.96. The summed E-state index contributed by atoms with van der Waals surface area (Å²) in [5.41, 5.74) is 8.33. The van der Waals surface area contributed by atoms with Gasteiger partial charge in [-0.3, -0.25) is 19.3 Å². The fourth-order valence-electron chi connectivity index (χ4n) is 4.75. The van der Waals surface area contributed by atoms with Gasteiger partial charge in [-0.15, -0.1) is 0 Å². The lowest BCUT2D eigenvalue weighted by Crippen LogP contribution is -2.30. The number of nitrogens with zero attached hydrogens (tertiary/aromatic N) is 6. The molecule has 4 aromatic heterocycles. The van der Waals surface area contributed by atoms with Crippen LogP contribution in [0.3, 0.4) is 0 Å². The summed E-state index contributed by atoms with van der Waals surface area (Å²) < 4.78 is 1.72. The monoisotopic (exact) mass is 499 g/mol. The van der Waals surface area contributed by atoms with Gasteiger partial charge in [0, 0.05) is 55.1 Å². The van der Waals surface area contributed by atoms with E-state index in [2.05, 4.69) is 30.7 Å². The number of carbonyl (C=O) groups is 2. The first-order valence-electron chi connectivity index (χ1n) is 11.8. The topological polar surface area (TPSA) is 164 Å². The Hall–Kier alpha value is -4.58. The van der Waals surface area contributed by atoms with E-state index in [0.717, 1.165) is 23.1 Å². The number of likely N-dealkylation sites (N-methyl/N-ethyl adjacent to an activating group) is 1. The molecular formula is C25H25N9O3. The smallest absolute Gasteiger partial charge is 0.262 e. The molecule has 0 aromatic carbocycles. The van der Waals surface area contributed by atoms with Crippen LogP contribution in [0.4, 0.5) is 23.1 Å². The number of amides is 2.